The van der Waals surface area contributed by atoms with E-state index in [0.717, 1.165) is 22.3 Å². The number of rotatable bonds is 4. The van der Waals surface area contributed by atoms with Gasteiger partial charge in [-0.3, -0.25) is 4.79 Å². The zero-order chi connectivity index (χ0) is 19.7. The second kappa shape index (κ2) is 7.07. The summed E-state index contributed by atoms with van der Waals surface area (Å²) in [6.07, 6.45) is 0. The number of hydrogen-bond acceptors (Lipinski definition) is 1. The summed E-state index contributed by atoms with van der Waals surface area (Å²) >= 11 is 0. The number of carbonyl (C=O) groups excluding carboxylic acids is 1. The number of ketones is 1. The quantitative estimate of drug-likeness (QED) is 0.572. The van der Waals surface area contributed by atoms with E-state index in [2.05, 4.69) is 66.8 Å². The lowest BCUT2D eigenvalue weighted by molar-refractivity contribution is -0.108. The van der Waals surface area contributed by atoms with Gasteiger partial charge in [0, 0.05) is 11.1 Å². The minimum atomic E-state index is -0.0987. The molecule has 0 bridgehead atoms. The lowest BCUT2D eigenvalue weighted by atomic mass is 9.78. The monoisotopic (exact) mass is 346 g/mol. The Labute approximate surface area is 158 Å². The van der Waals surface area contributed by atoms with Crippen molar-refractivity contribution in [2.45, 2.75) is 52.4 Å². The lowest BCUT2D eigenvalue weighted by Crippen LogP contribution is -2.17. The molecular formula is C25H30O. The first-order valence-electron chi connectivity index (χ1n) is 9.07. The predicted octanol–water partition coefficient (Wildman–Crippen LogP) is 6.58. The third-order valence-electron chi connectivity index (χ3n) is 4.67. The SMILES string of the molecule is C=C(C(=O)C(=C)c1ccccc1C(C)(C)C)c1ccccc1C(C)(C)C. The first kappa shape index (κ1) is 19.9. The van der Waals surface area contributed by atoms with Crippen molar-refractivity contribution in [2.24, 2.45) is 0 Å². The molecule has 1 heteroatoms. The Kier molecular flexibility index (Phi) is 5.41. The molecule has 0 heterocycles. The Morgan fingerprint density at radius 2 is 0.962 bits per heavy atom. The number of carbonyl (C=O) groups is 1. The van der Waals surface area contributed by atoms with Gasteiger partial charge in [-0.1, -0.05) is 103 Å². The van der Waals surface area contributed by atoms with Crippen LogP contribution in [0.2, 0.25) is 0 Å². The highest BCUT2D eigenvalue weighted by molar-refractivity contribution is 6.41. The van der Waals surface area contributed by atoms with Gasteiger partial charge >= 0.3 is 0 Å². The van der Waals surface area contributed by atoms with Gasteiger partial charge < -0.3 is 0 Å². The van der Waals surface area contributed by atoms with E-state index in [1.165, 1.54) is 0 Å². The minimum Gasteiger partial charge on any atom is -0.289 e. The van der Waals surface area contributed by atoms with Crippen molar-refractivity contribution >= 4 is 16.9 Å². The van der Waals surface area contributed by atoms with Crippen LogP contribution in [-0.4, -0.2) is 5.78 Å². The van der Waals surface area contributed by atoms with Gasteiger partial charge in [0.25, 0.3) is 0 Å². The molecule has 2 aromatic rings. The fourth-order valence-electron chi connectivity index (χ4n) is 3.23. The molecule has 0 spiro atoms. The van der Waals surface area contributed by atoms with Crippen LogP contribution in [0.4, 0.5) is 0 Å². The highest BCUT2D eigenvalue weighted by Gasteiger charge is 2.25. The molecule has 26 heavy (non-hydrogen) atoms. The molecule has 0 aliphatic rings. The van der Waals surface area contributed by atoms with Gasteiger partial charge in [-0.2, -0.15) is 0 Å². The number of benzene rings is 2. The molecule has 0 amide bonds. The van der Waals surface area contributed by atoms with Crippen LogP contribution in [0, 0.1) is 0 Å². The predicted molar refractivity (Wildman–Crippen MR) is 113 cm³/mol. The van der Waals surface area contributed by atoms with Crippen molar-refractivity contribution in [1.82, 2.24) is 0 Å². The van der Waals surface area contributed by atoms with Crippen molar-refractivity contribution in [1.29, 1.82) is 0 Å². The summed E-state index contributed by atoms with van der Waals surface area (Å²) in [5, 5.41) is 0. The van der Waals surface area contributed by atoms with Crippen LogP contribution in [0.25, 0.3) is 11.1 Å². The van der Waals surface area contributed by atoms with E-state index in [4.69, 9.17) is 0 Å². The molecule has 0 fully saturated rings. The van der Waals surface area contributed by atoms with E-state index in [0.29, 0.717) is 11.1 Å². The van der Waals surface area contributed by atoms with Crippen LogP contribution < -0.4 is 0 Å². The van der Waals surface area contributed by atoms with E-state index in [1.807, 2.05) is 36.4 Å². The maximum absolute atomic E-state index is 13.2. The molecule has 0 unspecified atom stereocenters. The molecule has 0 aliphatic carbocycles. The molecule has 0 radical (unpaired) electrons. The third-order valence-corrected chi connectivity index (χ3v) is 4.67. The van der Waals surface area contributed by atoms with Crippen molar-refractivity contribution in [2.75, 3.05) is 0 Å². The average molecular weight is 347 g/mol. The Bertz CT molecular complexity index is 783. The van der Waals surface area contributed by atoms with Gasteiger partial charge in [0.1, 0.15) is 0 Å². The van der Waals surface area contributed by atoms with Crippen LogP contribution in [-0.2, 0) is 15.6 Å². The largest absolute Gasteiger partial charge is 0.289 e. The molecule has 2 aromatic carbocycles. The fourth-order valence-corrected chi connectivity index (χ4v) is 3.23. The molecule has 0 atom stereocenters. The third kappa shape index (κ3) is 4.04. The molecule has 0 aliphatic heterocycles. The lowest BCUT2D eigenvalue weighted by Gasteiger charge is -2.25. The molecule has 0 saturated carbocycles. The maximum Gasteiger partial charge on any atom is 0.193 e. The van der Waals surface area contributed by atoms with E-state index < -0.39 is 0 Å². The van der Waals surface area contributed by atoms with Crippen LogP contribution >= 0.6 is 0 Å². The number of Topliss-reactive ketones (excluding diaryl/α,β-unsaturated/α-hetero) is 1. The molecule has 1 nitrogen and oxygen atoms in total. The molecule has 0 N–H and O–H groups in total. The summed E-state index contributed by atoms with van der Waals surface area (Å²) in [5.41, 5.74) is 4.92. The van der Waals surface area contributed by atoms with Crippen molar-refractivity contribution in [3.05, 3.63) is 83.9 Å². The van der Waals surface area contributed by atoms with Crippen LogP contribution in [0.3, 0.4) is 0 Å². The summed E-state index contributed by atoms with van der Waals surface area (Å²) in [6.45, 7) is 21.1. The van der Waals surface area contributed by atoms with Gasteiger partial charge in [0.15, 0.2) is 5.78 Å². The van der Waals surface area contributed by atoms with Gasteiger partial charge in [-0.15, -0.1) is 0 Å². The Balaban J connectivity index is 2.46. The summed E-state index contributed by atoms with van der Waals surface area (Å²) in [6, 6.07) is 16.0. The fraction of sp³-hybridized carbons (Fsp3) is 0.320. The van der Waals surface area contributed by atoms with Crippen LogP contribution in [0.1, 0.15) is 63.8 Å². The molecule has 2 rings (SSSR count). The zero-order valence-corrected chi connectivity index (χ0v) is 16.9. The Morgan fingerprint density at radius 3 is 1.27 bits per heavy atom. The van der Waals surface area contributed by atoms with Gasteiger partial charge in [-0.25, -0.2) is 0 Å². The van der Waals surface area contributed by atoms with E-state index in [9.17, 15) is 4.79 Å². The molecule has 0 aromatic heterocycles. The summed E-state index contributed by atoms with van der Waals surface area (Å²) in [4.78, 5) is 13.2. The number of allylic oxidation sites excluding steroid dienone is 2. The van der Waals surface area contributed by atoms with Gasteiger partial charge in [-0.05, 0) is 33.1 Å². The highest BCUT2D eigenvalue weighted by atomic mass is 16.1. The molecular weight excluding hydrogens is 316 g/mol. The smallest absolute Gasteiger partial charge is 0.193 e. The summed E-state index contributed by atoms with van der Waals surface area (Å²) in [5.74, 6) is -0.0987. The standard InChI is InChI=1S/C25H30O/c1-17(19-13-9-11-15-21(19)24(3,4)5)23(26)18(2)20-14-10-12-16-22(20)25(6,7)8/h9-16H,1-2H2,3-8H3. The van der Waals surface area contributed by atoms with Crippen LogP contribution in [0.5, 0.6) is 0 Å². The normalized spacial score (nSPS) is 11.9. The van der Waals surface area contributed by atoms with Crippen molar-refractivity contribution in [3.63, 3.8) is 0 Å². The molecule has 136 valence electrons. The van der Waals surface area contributed by atoms with E-state index in [-0.39, 0.29) is 16.6 Å². The first-order valence-corrected chi connectivity index (χ1v) is 9.07. The highest BCUT2D eigenvalue weighted by Crippen LogP contribution is 2.34. The van der Waals surface area contributed by atoms with Crippen LogP contribution in [0.15, 0.2) is 61.7 Å². The number of hydrogen-bond donors (Lipinski definition) is 0. The second-order valence-corrected chi connectivity index (χ2v) is 8.88. The van der Waals surface area contributed by atoms with Crippen molar-refractivity contribution < 1.29 is 4.79 Å². The zero-order valence-electron chi connectivity index (χ0n) is 16.9. The minimum absolute atomic E-state index is 0.0650. The Morgan fingerprint density at radius 1 is 0.654 bits per heavy atom. The first-order chi connectivity index (χ1) is 11.9. The maximum atomic E-state index is 13.2. The van der Waals surface area contributed by atoms with Gasteiger partial charge in [0.2, 0.25) is 0 Å². The van der Waals surface area contributed by atoms with E-state index in [1.54, 1.807) is 0 Å². The van der Waals surface area contributed by atoms with Gasteiger partial charge in [0.05, 0.1) is 0 Å². The average Bonchev–Trinajstić information content (AvgIpc) is 2.58. The van der Waals surface area contributed by atoms with E-state index >= 15 is 0 Å². The Hall–Kier alpha value is -2.41. The molecule has 0 saturated heterocycles. The topological polar surface area (TPSA) is 17.1 Å². The second-order valence-electron chi connectivity index (χ2n) is 8.88. The summed E-state index contributed by atoms with van der Waals surface area (Å²) < 4.78 is 0. The van der Waals surface area contributed by atoms with Crippen molar-refractivity contribution in [3.8, 4) is 0 Å². The summed E-state index contributed by atoms with van der Waals surface area (Å²) in [7, 11) is 0.